The number of piperidine rings is 1. The number of halogens is 3. The SMILES string of the molecule is NNC(=O)c1cccc(CN2CCC(C(F)(F)F)CC2)n1. The summed E-state index contributed by atoms with van der Waals surface area (Å²) in [7, 11) is 0. The van der Waals surface area contributed by atoms with Crippen molar-refractivity contribution >= 4 is 5.91 Å². The summed E-state index contributed by atoms with van der Waals surface area (Å²) in [5, 5.41) is 0. The number of nitrogen functional groups attached to an aromatic ring is 1. The fraction of sp³-hybridized carbons (Fsp3) is 0.538. The molecular formula is C13H17F3N4O. The molecular weight excluding hydrogens is 285 g/mol. The molecule has 0 aliphatic carbocycles. The van der Waals surface area contributed by atoms with E-state index in [0.717, 1.165) is 0 Å². The van der Waals surface area contributed by atoms with Gasteiger partial charge in [0.05, 0.1) is 11.6 Å². The molecule has 1 fully saturated rings. The van der Waals surface area contributed by atoms with E-state index in [-0.39, 0.29) is 18.5 Å². The largest absolute Gasteiger partial charge is 0.391 e. The molecule has 3 N–H and O–H groups in total. The molecule has 1 aromatic rings. The molecule has 1 aromatic heterocycles. The van der Waals surface area contributed by atoms with Gasteiger partial charge in [0.15, 0.2) is 0 Å². The Morgan fingerprint density at radius 3 is 2.62 bits per heavy atom. The van der Waals surface area contributed by atoms with Crippen molar-refractivity contribution in [1.29, 1.82) is 0 Å². The van der Waals surface area contributed by atoms with E-state index in [4.69, 9.17) is 5.84 Å². The molecule has 0 radical (unpaired) electrons. The molecule has 2 heterocycles. The van der Waals surface area contributed by atoms with Crippen molar-refractivity contribution in [1.82, 2.24) is 15.3 Å². The lowest BCUT2D eigenvalue weighted by Gasteiger charge is -2.32. The molecule has 0 saturated carbocycles. The van der Waals surface area contributed by atoms with Gasteiger partial charge in [0.2, 0.25) is 0 Å². The van der Waals surface area contributed by atoms with Gasteiger partial charge < -0.3 is 0 Å². The summed E-state index contributed by atoms with van der Waals surface area (Å²) >= 11 is 0. The zero-order valence-electron chi connectivity index (χ0n) is 11.4. The van der Waals surface area contributed by atoms with E-state index in [9.17, 15) is 18.0 Å². The van der Waals surface area contributed by atoms with E-state index in [1.54, 1.807) is 12.1 Å². The molecule has 1 amide bonds. The van der Waals surface area contributed by atoms with Crippen LogP contribution in [0.3, 0.4) is 0 Å². The van der Waals surface area contributed by atoms with Crippen molar-refractivity contribution in [2.75, 3.05) is 13.1 Å². The molecule has 0 bridgehead atoms. The third-order valence-corrected chi connectivity index (χ3v) is 3.61. The second-order valence-electron chi connectivity index (χ2n) is 5.08. The van der Waals surface area contributed by atoms with Gasteiger partial charge in [-0.2, -0.15) is 13.2 Å². The highest BCUT2D eigenvalue weighted by molar-refractivity contribution is 5.91. The summed E-state index contributed by atoms with van der Waals surface area (Å²) in [6.07, 6.45) is -3.90. The van der Waals surface area contributed by atoms with Crippen LogP contribution in [0.5, 0.6) is 0 Å². The fourth-order valence-corrected chi connectivity index (χ4v) is 2.42. The Labute approximate surface area is 120 Å². The predicted molar refractivity (Wildman–Crippen MR) is 69.9 cm³/mol. The van der Waals surface area contributed by atoms with Gasteiger partial charge in [-0.1, -0.05) is 6.07 Å². The first kappa shape index (κ1) is 15.7. The monoisotopic (exact) mass is 302 g/mol. The molecule has 0 atom stereocenters. The number of rotatable bonds is 3. The van der Waals surface area contributed by atoms with Crippen LogP contribution in [0.1, 0.15) is 29.0 Å². The minimum atomic E-state index is -4.11. The van der Waals surface area contributed by atoms with Gasteiger partial charge in [0.25, 0.3) is 5.91 Å². The second-order valence-corrected chi connectivity index (χ2v) is 5.08. The summed E-state index contributed by atoms with van der Waals surface area (Å²) in [4.78, 5) is 17.4. The maximum absolute atomic E-state index is 12.6. The van der Waals surface area contributed by atoms with Crippen LogP contribution >= 0.6 is 0 Å². The van der Waals surface area contributed by atoms with Crippen molar-refractivity contribution in [3.63, 3.8) is 0 Å². The Morgan fingerprint density at radius 1 is 1.38 bits per heavy atom. The van der Waals surface area contributed by atoms with Crippen molar-refractivity contribution in [2.24, 2.45) is 11.8 Å². The van der Waals surface area contributed by atoms with Crippen LogP contribution in [-0.2, 0) is 6.54 Å². The van der Waals surface area contributed by atoms with Gasteiger partial charge in [-0.15, -0.1) is 0 Å². The van der Waals surface area contributed by atoms with E-state index < -0.39 is 18.0 Å². The van der Waals surface area contributed by atoms with Crippen molar-refractivity contribution in [3.8, 4) is 0 Å². The van der Waals surface area contributed by atoms with E-state index in [2.05, 4.69) is 4.98 Å². The lowest BCUT2D eigenvalue weighted by atomic mass is 9.96. The van der Waals surface area contributed by atoms with Crippen LogP contribution in [-0.4, -0.2) is 35.1 Å². The third-order valence-electron chi connectivity index (χ3n) is 3.61. The van der Waals surface area contributed by atoms with Crippen LogP contribution in [0, 0.1) is 5.92 Å². The number of hydrazine groups is 1. The Morgan fingerprint density at radius 2 is 2.05 bits per heavy atom. The first-order chi connectivity index (χ1) is 9.90. The lowest BCUT2D eigenvalue weighted by Crippen LogP contribution is -2.38. The Hall–Kier alpha value is -1.67. The molecule has 8 heteroatoms. The molecule has 1 aliphatic heterocycles. The molecule has 116 valence electrons. The number of nitrogens with one attached hydrogen (secondary N) is 1. The Kier molecular flexibility index (Phi) is 4.79. The van der Waals surface area contributed by atoms with Crippen LogP contribution in [0.25, 0.3) is 0 Å². The van der Waals surface area contributed by atoms with Crippen molar-refractivity contribution in [3.05, 3.63) is 29.6 Å². The van der Waals surface area contributed by atoms with Crippen LogP contribution in [0.15, 0.2) is 18.2 Å². The Bertz CT molecular complexity index is 498. The topological polar surface area (TPSA) is 71.2 Å². The van der Waals surface area contributed by atoms with Gasteiger partial charge in [0, 0.05) is 6.54 Å². The smallest absolute Gasteiger partial charge is 0.297 e. The number of nitrogens with two attached hydrogens (primary N) is 1. The maximum atomic E-state index is 12.6. The summed E-state index contributed by atoms with van der Waals surface area (Å²) in [5.41, 5.74) is 2.83. The number of amides is 1. The van der Waals surface area contributed by atoms with E-state index >= 15 is 0 Å². The fourth-order valence-electron chi connectivity index (χ4n) is 2.42. The first-order valence-electron chi connectivity index (χ1n) is 6.66. The minimum absolute atomic E-state index is 0.104. The highest BCUT2D eigenvalue weighted by atomic mass is 19.4. The quantitative estimate of drug-likeness (QED) is 0.504. The molecule has 0 spiro atoms. The van der Waals surface area contributed by atoms with Gasteiger partial charge in [-0.25, -0.2) is 10.8 Å². The molecule has 5 nitrogen and oxygen atoms in total. The summed E-state index contributed by atoms with van der Waals surface area (Å²) in [6.45, 7) is 1.18. The number of hydrogen-bond donors (Lipinski definition) is 2. The van der Waals surface area contributed by atoms with E-state index in [1.807, 2.05) is 10.3 Å². The predicted octanol–water partition coefficient (Wildman–Crippen LogP) is 1.46. The van der Waals surface area contributed by atoms with Crippen LogP contribution in [0.4, 0.5) is 13.2 Å². The number of alkyl halides is 3. The second kappa shape index (κ2) is 6.40. The lowest BCUT2D eigenvalue weighted by molar-refractivity contribution is -0.185. The first-order valence-corrected chi connectivity index (χ1v) is 6.66. The van der Waals surface area contributed by atoms with Gasteiger partial charge in [0.1, 0.15) is 5.69 Å². The third kappa shape index (κ3) is 4.15. The van der Waals surface area contributed by atoms with Crippen LogP contribution < -0.4 is 11.3 Å². The molecule has 2 rings (SSSR count). The van der Waals surface area contributed by atoms with Crippen molar-refractivity contribution in [2.45, 2.75) is 25.6 Å². The number of likely N-dealkylation sites (tertiary alicyclic amines) is 1. The standard InChI is InChI=1S/C13H17F3N4O/c14-13(15,16)9-4-6-20(7-5-9)8-10-2-1-3-11(18-10)12(21)19-17/h1-3,9H,4-8,17H2,(H,19,21). The average molecular weight is 302 g/mol. The summed E-state index contributed by atoms with van der Waals surface area (Å²) in [5.74, 6) is 3.33. The summed E-state index contributed by atoms with van der Waals surface area (Å²) in [6, 6.07) is 4.94. The van der Waals surface area contributed by atoms with Gasteiger partial charge in [-0.05, 0) is 38.1 Å². The average Bonchev–Trinajstić information content (AvgIpc) is 2.46. The summed E-state index contributed by atoms with van der Waals surface area (Å²) < 4.78 is 37.8. The minimum Gasteiger partial charge on any atom is -0.297 e. The Balaban J connectivity index is 1.93. The highest BCUT2D eigenvalue weighted by Crippen LogP contribution is 2.34. The van der Waals surface area contributed by atoms with Crippen LogP contribution in [0.2, 0.25) is 0 Å². The van der Waals surface area contributed by atoms with Crippen molar-refractivity contribution < 1.29 is 18.0 Å². The normalized spacial score (nSPS) is 17.7. The zero-order valence-corrected chi connectivity index (χ0v) is 11.4. The number of aromatic nitrogens is 1. The van der Waals surface area contributed by atoms with Gasteiger partial charge in [-0.3, -0.25) is 15.1 Å². The molecule has 1 saturated heterocycles. The van der Waals surface area contributed by atoms with E-state index in [1.165, 1.54) is 6.07 Å². The molecule has 1 aliphatic rings. The highest BCUT2D eigenvalue weighted by Gasteiger charge is 2.40. The molecule has 0 aromatic carbocycles. The zero-order chi connectivity index (χ0) is 15.5. The molecule has 0 unspecified atom stereocenters. The number of carbonyl (C=O) groups excluding carboxylic acids is 1. The molecule has 21 heavy (non-hydrogen) atoms. The maximum Gasteiger partial charge on any atom is 0.391 e. The number of nitrogens with zero attached hydrogens (tertiary/aromatic N) is 2. The number of pyridine rings is 1. The number of hydrogen-bond acceptors (Lipinski definition) is 4. The number of carbonyl (C=O) groups is 1. The van der Waals surface area contributed by atoms with Gasteiger partial charge >= 0.3 is 6.18 Å². The van der Waals surface area contributed by atoms with E-state index in [0.29, 0.717) is 25.3 Å².